The number of carbonyl (C=O) groups excluding carboxylic acids is 1. The molecule has 22 heavy (non-hydrogen) atoms. The molecule has 1 atom stereocenters. The van der Waals surface area contributed by atoms with Crippen molar-refractivity contribution in [3.8, 4) is 0 Å². The topological polar surface area (TPSA) is 20.3 Å². The molecule has 2 heteroatoms. The van der Waals surface area contributed by atoms with E-state index >= 15 is 0 Å². The normalized spacial score (nSPS) is 19.0. The summed E-state index contributed by atoms with van der Waals surface area (Å²) in [5.74, 6) is 0.469. The number of hydrogen-bond acceptors (Lipinski definition) is 2. The Morgan fingerprint density at radius 2 is 1.68 bits per heavy atom. The van der Waals surface area contributed by atoms with E-state index in [9.17, 15) is 4.79 Å². The number of benzene rings is 2. The summed E-state index contributed by atoms with van der Waals surface area (Å²) in [6.07, 6.45) is 3.21. The summed E-state index contributed by atoms with van der Waals surface area (Å²) >= 11 is 0. The molecule has 0 bridgehead atoms. The van der Waals surface area contributed by atoms with Gasteiger partial charge < -0.3 is 4.90 Å². The van der Waals surface area contributed by atoms with Gasteiger partial charge in [-0.15, -0.1) is 0 Å². The fourth-order valence-electron chi connectivity index (χ4n) is 3.24. The molecule has 0 saturated carbocycles. The van der Waals surface area contributed by atoms with E-state index in [0.717, 1.165) is 44.5 Å². The van der Waals surface area contributed by atoms with E-state index in [-0.39, 0.29) is 5.92 Å². The smallest absolute Gasteiger partial charge is 0.167 e. The van der Waals surface area contributed by atoms with Gasteiger partial charge in [-0.3, -0.25) is 4.79 Å². The molecule has 0 amide bonds. The maximum absolute atomic E-state index is 12.6. The van der Waals surface area contributed by atoms with Crippen LogP contribution in [0.25, 0.3) is 0 Å². The number of ketones is 1. The lowest BCUT2D eigenvalue weighted by Gasteiger charge is -2.32. The van der Waals surface area contributed by atoms with E-state index in [4.69, 9.17) is 0 Å². The van der Waals surface area contributed by atoms with Crippen molar-refractivity contribution >= 4 is 5.78 Å². The third kappa shape index (κ3) is 3.83. The van der Waals surface area contributed by atoms with Gasteiger partial charge >= 0.3 is 0 Å². The van der Waals surface area contributed by atoms with Crippen molar-refractivity contribution in [2.45, 2.75) is 19.3 Å². The second kappa shape index (κ2) is 7.37. The number of hydrogen-bond donors (Lipinski definition) is 0. The first-order chi connectivity index (χ1) is 10.8. The number of rotatable bonds is 5. The highest BCUT2D eigenvalue weighted by atomic mass is 16.1. The zero-order valence-electron chi connectivity index (χ0n) is 12.9. The molecule has 0 spiro atoms. The van der Waals surface area contributed by atoms with E-state index in [1.54, 1.807) is 0 Å². The van der Waals surface area contributed by atoms with Crippen LogP contribution in [0, 0.1) is 5.92 Å². The minimum Gasteiger partial charge on any atom is -0.302 e. The summed E-state index contributed by atoms with van der Waals surface area (Å²) in [6.45, 7) is 3.06. The maximum Gasteiger partial charge on any atom is 0.167 e. The average molecular weight is 293 g/mol. The van der Waals surface area contributed by atoms with Crippen LogP contribution in [0.4, 0.5) is 0 Å². The number of Topliss-reactive ketones (excluding diaryl/α,β-unsaturated/α-hetero) is 1. The molecular formula is C20H23NO. The summed E-state index contributed by atoms with van der Waals surface area (Å²) < 4.78 is 0. The Kier molecular flexibility index (Phi) is 5.02. The lowest BCUT2D eigenvalue weighted by Crippen LogP contribution is -2.39. The Hall–Kier alpha value is -1.93. The Morgan fingerprint density at radius 3 is 2.41 bits per heavy atom. The van der Waals surface area contributed by atoms with Gasteiger partial charge in [-0.05, 0) is 31.4 Å². The first-order valence-electron chi connectivity index (χ1n) is 8.18. The Morgan fingerprint density at radius 1 is 1.00 bits per heavy atom. The zero-order chi connectivity index (χ0) is 15.2. The summed E-state index contributed by atoms with van der Waals surface area (Å²) in [7, 11) is 0. The van der Waals surface area contributed by atoms with Gasteiger partial charge in [0.25, 0.3) is 0 Å². The van der Waals surface area contributed by atoms with Crippen molar-refractivity contribution in [3.05, 3.63) is 71.8 Å². The van der Waals surface area contributed by atoms with Crippen LogP contribution in [0.3, 0.4) is 0 Å². The number of piperidine rings is 1. The molecule has 1 unspecified atom stereocenters. The van der Waals surface area contributed by atoms with Crippen molar-refractivity contribution in [1.29, 1.82) is 0 Å². The van der Waals surface area contributed by atoms with Gasteiger partial charge in [-0.2, -0.15) is 0 Å². The van der Waals surface area contributed by atoms with Gasteiger partial charge in [0, 0.05) is 24.6 Å². The summed E-state index contributed by atoms with van der Waals surface area (Å²) in [6, 6.07) is 20.3. The van der Waals surface area contributed by atoms with Crippen LogP contribution in [0.5, 0.6) is 0 Å². The Balaban J connectivity index is 1.56. The van der Waals surface area contributed by atoms with E-state index < -0.39 is 0 Å². The van der Waals surface area contributed by atoms with Crippen LogP contribution < -0.4 is 0 Å². The van der Waals surface area contributed by atoms with Gasteiger partial charge in [-0.25, -0.2) is 0 Å². The van der Waals surface area contributed by atoms with E-state index in [2.05, 4.69) is 35.2 Å². The summed E-state index contributed by atoms with van der Waals surface area (Å²) in [5.41, 5.74) is 2.23. The molecule has 1 aliphatic rings. The number of likely N-dealkylation sites (tertiary alicyclic amines) is 1. The molecule has 1 heterocycles. The molecule has 114 valence electrons. The minimum absolute atomic E-state index is 0.159. The molecule has 2 aromatic rings. The van der Waals surface area contributed by atoms with Gasteiger partial charge in [0.15, 0.2) is 5.78 Å². The molecule has 1 fully saturated rings. The summed E-state index contributed by atoms with van der Waals surface area (Å²) in [5, 5.41) is 0. The molecule has 0 N–H and O–H groups in total. The first kappa shape index (κ1) is 15.0. The largest absolute Gasteiger partial charge is 0.302 e. The second-order valence-corrected chi connectivity index (χ2v) is 6.11. The fraction of sp³-hybridized carbons (Fsp3) is 0.350. The fourth-order valence-corrected chi connectivity index (χ4v) is 3.24. The van der Waals surface area contributed by atoms with Gasteiger partial charge in [0.05, 0.1) is 0 Å². The highest BCUT2D eigenvalue weighted by molar-refractivity contribution is 5.98. The molecule has 3 rings (SSSR count). The summed E-state index contributed by atoms with van der Waals surface area (Å²) in [4.78, 5) is 15.0. The molecule has 1 saturated heterocycles. The lowest BCUT2D eigenvalue weighted by molar-refractivity contribution is 0.0821. The molecule has 0 aliphatic carbocycles. The van der Waals surface area contributed by atoms with Crippen molar-refractivity contribution in [2.75, 3.05) is 19.6 Å². The quantitative estimate of drug-likeness (QED) is 0.781. The standard InChI is InChI=1S/C20H23NO/c22-20(18-10-5-2-6-11-18)19-12-7-14-21(16-19)15-13-17-8-3-1-4-9-17/h1-6,8-11,19H,7,12-16H2. The SMILES string of the molecule is O=C(c1ccccc1)C1CCCN(CCc2ccccc2)C1. The third-order valence-electron chi connectivity index (χ3n) is 4.49. The first-order valence-corrected chi connectivity index (χ1v) is 8.18. The van der Waals surface area contributed by atoms with Crippen LogP contribution >= 0.6 is 0 Å². The monoisotopic (exact) mass is 293 g/mol. The highest BCUT2D eigenvalue weighted by Gasteiger charge is 2.26. The van der Waals surface area contributed by atoms with Crippen molar-refractivity contribution in [3.63, 3.8) is 0 Å². The van der Waals surface area contributed by atoms with Gasteiger partial charge in [0.1, 0.15) is 0 Å². The molecule has 1 aliphatic heterocycles. The van der Waals surface area contributed by atoms with Crippen LogP contribution in [-0.2, 0) is 6.42 Å². The second-order valence-electron chi connectivity index (χ2n) is 6.11. The van der Waals surface area contributed by atoms with Gasteiger partial charge in [0.2, 0.25) is 0 Å². The van der Waals surface area contributed by atoms with Gasteiger partial charge in [-0.1, -0.05) is 60.7 Å². The molecule has 2 nitrogen and oxygen atoms in total. The average Bonchev–Trinajstić information content (AvgIpc) is 2.61. The third-order valence-corrected chi connectivity index (χ3v) is 4.49. The van der Waals surface area contributed by atoms with Crippen molar-refractivity contribution < 1.29 is 4.79 Å². The Bertz CT molecular complexity index is 594. The van der Waals surface area contributed by atoms with E-state index in [1.165, 1.54) is 5.56 Å². The number of nitrogens with zero attached hydrogens (tertiary/aromatic N) is 1. The van der Waals surface area contributed by atoms with E-state index in [1.807, 2.05) is 30.3 Å². The zero-order valence-corrected chi connectivity index (χ0v) is 12.9. The highest BCUT2D eigenvalue weighted by Crippen LogP contribution is 2.21. The molecule has 0 radical (unpaired) electrons. The molecular weight excluding hydrogens is 270 g/mol. The van der Waals surface area contributed by atoms with Crippen molar-refractivity contribution in [1.82, 2.24) is 4.90 Å². The van der Waals surface area contributed by atoms with Crippen LogP contribution in [-0.4, -0.2) is 30.3 Å². The van der Waals surface area contributed by atoms with Crippen LogP contribution in [0.15, 0.2) is 60.7 Å². The predicted octanol–water partition coefficient (Wildman–Crippen LogP) is 3.82. The molecule has 0 aromatic heterocycles. The predicted molar refractivity (Wildman–Crippen MR) is 90.1 cm³/mol. The Labute approximate surface area is 132 Å². The van der Waals surface area contributed by atoms with E-state index in [0.29, 0.717) is 5.78 Å². The minimum atomic E-state index is 0.159. The maximum atomic E-state index is 12.6. The number of carbonyl (C=O) groups is 1. The lowest BCUT2D eigenvalue weighted by atomic mass is 9.90. The van der Waals surface area contributed by atoms with Crippen LogP contribution in [0.2, 0.25) is 0 Å². The van der Waals surface area contributed by atoms with Crippen molar-refractivity contribution in [2.24, 2.45) is 5.92 Å². The molecule has 2 aromatic carbocycles. The van der Waals surface area contributed by atoms with Crippen LogP contribution in [0.1, 0.15) is 28.8 Å².